The van der Waals surface area contributed by atoms with Gasteiger partial charge >= 0.3 is 11.7 Å². The third kappa shape index (κ3) is 1.02. The van der Waals surface area contributed by atoms with Gasteiger partial charge in [0.25, 0.3) is 5.65 Å². The van der Waals surface area contributed by atoms with Gasteiger partial charge in [0.05, 0.1) is 10.4 Å². The van der Waals surface area contributed by atoms with Crippen molar-refractivity contribution < 1.29 is 9.48 Å². The van der Waals surface area contributed by atoms with Crippen molar-refractivity contribution in [2.24, 2.45) is 5.73 Å². The Hall–Kier alpha value is -2.32. The molecule has 4 N–H and O–H groups in total. The number of H-pyrrole nitrogens is 2. The smallest absolute Gasteiger partial charge is 0.298 e. The third-order valence-corrected chi connectivity index (χ3v) is 1.38. The maximum Gasteiger partial charge on any atom is 0.430 e. The van der Waals surface area contributed by atoms with E-state index in [4.69, 9.17) is 5.73 Å². The molecular formula is C4H4N7O2+. The standard InChI is InChI=1S/C4H3N7O2/c5-3(12)11-2-1(8-9-10-11)6-4(13)7-2/h(H3,5,6,8,10,12,13)/p+1. The molecule has 0 atom stereocenters. The van der Waals surface area contributed by atoms with Crippen LogP contribution in [0, 0.1) is 0 Å². The molecule has 13 heavy (non-hydrogen) atoms. The number of nitrogens with one attached hydrogen (secondary N) is 2. The summed E-state index contributed by atoms with van der Waals surface area (Å²) in [5.74, 6) is 0. The lowest BCUT2D eigenvalue weighted by Crippen LogP contribution is -2.52. The Morgan fingerprint density at radius 1 is 1.46 bits per heavy atom. The molecule has 0 bridgehead atoms. The molecule has 0 fully saturated rings. The second-order valence-electron chi connectivity index (χ2n) is 2.21. The molecule has 2 heterocycles. The molecule has 0 saturated heterocycles. The number of fused-ring (bicyclic) bond motifs is 1. The first kappa shape index (κ1) is 7.34. The van der Waals surface area contributed by atoms with Gasteiger partial charge in [-0.3, -0.25) is 10.7 Å². The fraction of sp³-hybridized carbons (Fsp3) is 0. The minimum atomic E-state index is -0.852. The molecule has 66 valence electrons. The van der Waals surface area contributed by atoms with Crippen LogP contribution in [0.4, 0.5) is 4.79 Å². The monoisotopic (exact) mass is 182 g/mol. The van der Waals surface area contributed by atoms with Crippen LogP contribution in [-0.4, -0.2) is 31.5 Å². The lowest BCUT2D eigenvalue weighted by atomic mass is 10.7. The quantitative estimate of drug-likeness (QED) is 0.380. The highest BCUT2D eigenvalue weighted by Crippen LogP contribution is 1.89. The summed E-state index contributed by atoms with van der Waals surface area (Å²) in [5, 5.41) is 10.00. The van der Waals surface area contributed by atoms with Gasteiger partial charge in [0, 0.05) is 0 Å². The minimum Gasteiger partial charge on any atom is -0.298 e. The van der Waals surface area contributed by atoms with Gasteiger partial charge in [0.1, 0.15) is 0 Å². The van der Waals surface area contributed by atoms with E-state index in [0.29, 0.717) is 0 Å². The average molecular weight is 182 g/mol. The molecule has 2 aromatic heterocycles. The van der Waals surface area contributed by atoms with Crippen LogP contribution in [-0.2, 0) is 0 Å². The molecule has 0 aliphatic heterocycles. The summed E-state index contributed by atoms with van der Waals surface area (Å²) in [6, 6.07) is -0.852. The number of hydrogen-bond acceptors (Lipinski definition) is 5. The second kappa shape index (κ2) is 2.33. The molecule has 1 amide bonds. The van der Waals surface area contributed by atoms with Crippen molar-refractivity contribution in [3.8, 4) is 0 Å². The molecular weight excluding hydrogens is 178 g/mol. The van der Waals surface area contributed by atoms with E-state index < -0.39 is 11.7 Å². The molecule has 0 aliphatic carbocycles. The van der Waals surface area contributed by atoms with Crippen LogP contribution in [0.1, 0.15) is 0 Å². The normalized spacial score (nSPS) is 10.5. The lowest BCUT2D eigenvalue weighted by Gasteiger charge is -1.88. The Morgan fingerprint density at radius 2 is 2.23 bits per heavy atom. The van der Waals surface area contributed by atoms with Gasteiger partial charge in [0.2, 0.25) is 5.65 Å². The summed E-state index contributed by atoms with van der Waals surface area (Å²) in [7, 11) is 0. The molecule has 0 radical (unpaired) electrons. The maximum atomic E-state index is 10.8. The van der Waals surface area contributed by atoms with Crippen molar-refractivity contribution in [1.82, 2.24) is 25.5 Å². The van der Waals surface area contributed by atoms with Crippen molar-refractivity contribution in [3.63, 3.8) is 0 Å². The third-order valence-electron chi connectivity index (χ3n) is 1.38. The number of amides is 1. The molecule has 2 aromatic rings. The number of primary amides is 1. The highest BCUT2D eigenvalue weighted by atomic mass is 16.2. The number of nitrogens with two attached hydrogens (primary N) is 1. The van der Waals surface area contributed by atoms with E-state index in [1.54, 1.807) is 0 Å². The zero-order chi connectivity index (χ0) is 9.42. The van der Waals surface area contributed by atoms with Gasteiger partial charge in [-0.2, -0.15) is 0 Å². The second-order valence-corrected chi connectivity index (χ2v) is 2.21. The molecule has 2 rings (SSSR count). The van der Waals surface area contributed by atoms with E-state index in [2.05, 4.69) is 25.5 Å². The average Bonchev–Trinajstić information content (AvgIpc) is 2.43. The van der Waals surface area contributed by atoms with Crippen LogP contribution in [0.3, 0.4) is 0 Å². The Balaban J connectivity index is 2.90. The summed E-state index contributed by atoms with van der Waals surface area (Å²) < 4.78 is 0.736. The predicted molar refractivity (Wildman–Crippen MR) is 37.5 cm³/mol. The van der Waals surface area contributed by atoms with Gasteiger partial charge in [-0.1, -0.05) is 4.68 Å². The molecule has 0 spiro atoms. The Bertz CT molecular complexity index is 525. The largest absolute Gasteiger partial charge is 0.430 e. The summed E-state index contributed by atoms with van der Waals surface area (Å²) in [5.41, 5.74) is 4.65. The van der Waals surface area contributed by atoms with Crippen molar-refractivity contribution in [1.29, 1.82) is 0 Å². The van der Waals surface area contributed by atoms with E-state index in [9.17, 15) is 9.59 Å². The van der Waals surface area contributed by atoms with Crippen LogP contribution in [0.15, 0.2) is 4.79 Å². The number of carbonyl (C=O) groups is 1. The first-order valence-corrected chi connectivity index (χ1v) is 3.22. The highest BCUT2D eigenvalue weighted by molar-refractivity contribution is 5.68. The molecule has 0 unspecified atom stereocenters. The van der Waals surface area contributed by atoms with Gasteiger partial charge < -0.3 is 0 Å². The van der Waals surface area contributed by atoms with Gasteiger partial charge in [-0.25, -0.2) is 14.6 Å². The van der Waals surface area contributed by atoms with E-state index in [1.807, 2.05) is 0 Å². The van der Waals surface area contributed by atoms with E-state index >= 15 is 0 Å². The van der Waals surface area contributed by atoms with E-state index in [-0.39, 0.29) is 11.3 Å². The van der Waals surface area contributed by atoms with Crippen molar-refractivity contribution in [3.05, 3.63) is 10.5 Å². The van der Waals surface area contributed by atoms with Crippen LogP contribution in [0.25, 0.3) is 11.3 Å². The van der Waals surface area contributed by atoms with Gasteiger partial charge in [0.15, 0.2) is 0 Å². The first-order valence-electron chi connectivity index (χ1n) is 3.22. The topological polar surface area (TPSA) is 134 Å². The maximum absolute atomic E-state index is 10.8. The zero-order valence-corrected chi connectivity index (χ0v) is 6.18. The van der Waals surface area contributed by atoms with E-state index in [0.717, 1.165) is 4.68 Å². The van der Waals surface area contributed by atoms with Crippen LogP contribution in [0.2, 0.25) is 0 Å². The fourth-order valence-corrected chi connectivity index (χ4v) is 0.894. The van der Waals surface area contributed by atoms with Gasteiger partial charge in [-0.05, 0) is 5.10 Å². The Kier molecular flexibility index (Phi) is 1.32. The number of aromatic amines is 2. The lowest BCUT2D eigenvalue weighted by molar-refractivity contribution is -0.617. The first-order chi connectivity index (χ1) is 6.18. The predicted octanol–water partition coefficient (Wildman–Crippen LogP) is -2.74. The highest BCUT2D eigenvalue weighted by Gasteiger charge is 2.15. The summed E-state index contributed by atoms with van der Waals surface area (Å²) in [6.07, 6.45) is 0. The molecule has 9 heteroatoms. The number of nitrogens with zero attached hydrogens (tertiary/aromatic N) is 4. The summed E-state index contributed by atoms with van der Waals surface area (Å²) >= 11 is 0. The van der Waals surface area contributed by atoms with Crippen molar-refractivity contribution >= 4 is 17.3 Å². The minimum absolute atomic E-state index is 0.0903. The molecule has 0 saturated carbocycles. The Morgan fingerprint density at radius 3 is 2.92 bits per heavy atom. The molecule has 9 nitrogen and oxygen atoms in total. The molecule has 0 aliphatic rings. The zero-order valence-electron chi connectivity index (χ0n) is 6.18. The number of imidazole rings is 1. The van der Waals surface area contributed by atoms with Gasteiger partial charge in [-0.15, -0.1) is 0 Å². The summed E-state index contributed by atoms with van der Waals surface area (Å²) in [4.78, 5) is 26.1. The van der Waals surface area contributed by atoms with Crippen LogP contribution < -0.4 is 16.1 Å². The molecule has 0 aromatic carbocycles. The summed E-state index contributed by atoms with van der Waals surface area (Å²) in [6.45, 7) is 0. The van der Waals surface area contributed by atoms with Crippen molar-refractivity contribution in [2.75, 3.05) is 0 Å². The van der Waals surface area contributed by atoms with E-state index in [1.165, 1.54) is 0 Å². The van der Waals surface area contributed by atoms with Crippen molar-refractivity contribution in [2.45, 2.75) is 0 Å². The number of hydrogen-bond donors (Lipinski definition) is 3. The van der Waals surface area contributed by atoms with Crippen LogP contribution >= 0.6 is 0 Å². The van der Waals surface area contributed by atoms with Crippen LogP contribution in [0.5, 0.6) is 0 Å². The number of aromatic nitrogens is 6. The number of rotatable bonds is 0. The SMILES string of the molecule is NC(=O)[n+]1nnnc2[nH]c(=O)[nH]c21. The Labute approximate surface area is 69.6 Å². The number of carbonyl (C=O) groups excluding carboxylic acids is 1. The fourth-order valence-electron chi connectivity index (χ4n) is 0.894.